The van der Waals surface area contributed by atoms with Crippen LogP contribution in [-0.2, 0) is 20.4 Å². The first kappa shape index (κ1) is 16.3. The predicted molar refractivity (Wildman–Crippen MR) is 81.6 cm³/mol. The van der Waals surface area contributed by atoms with Gasteiger partial charge in [-0.25, -0.2) is 13.2 Å². The van der Waals surface area contributed by atoms with Crippen LogP contribution in [0.1, 0.15) is 15.9 Å². The van der Waals surface area contributed by atoms with Crippen molar-refractivity contribution in [1.82, 2.24) is 0 Å². The average molecular weight is 341 g/mol. The molecular weight excluding hydrogens is 328 g/mol. The van der Waals surface area contributed by atoms with Crippen molar-refractivity contribution >= 4 is 25.7 Å². The summed E-state index contributed by atoms with van der Waals surface area (Å²) in [5, 5.41) is 0. The van der Waals surface area contributed by atoms with E-state index >= 15 is 0 Å². The molecule has 0 aromatic heterocycles. The van der Waals surface area contributed by atoms with E-state index in [4.69, 9.17) is 20.2 Å². The van der Waals surface area contributed by atoms with Crippen LogP contribution in [0.15, 0.2) is 53.4 Å². The van der Waals surface area contributed by atoms with Gasteiger partial charge in [-0.15, -0.1) is 0 Å². The molecule has 0 heterocycles. The number of halogens is 1. The number of hydrogen-bond acceptors (Lipinski definition) is 5. The summed E-state index contributed by atoms with van der Waals surface area (Å²) in [4.78, 5) is 11.9. The molecule has 2 aromatic rings. The summed E-state index contributed by atoms with van der Waals surface area (Å²) in [6.07, 6.45) is 0. The standard InChI is InChI=1S/C15H13ClO5S/c1-20-14-12(8-5-9-13(14)22(16,18)19)15(17)21-10-11-6-3-2-4-7-11/h2-9H,10H2,1H3. The number of carbonyl (C=O) groups excluding carboxylic acids is 1. The molecule has 7 heteroatoms. The van der Waals surface area contributed by atoms with Gasteiger partial charge in [0.1, 0.15) is 17.1 Å². The van der Waals surface area contributed by atoms with E-state index in [2.05, 4.69) is 0 Å². The van der Waals surface area contributed by atoms with E-state index < -0.39 is 15.0 Å². The molecule has 0 bridgehead atoms. The first-order chi connectivity index (χ1) is 10.4. The normalized spacial score (nSPS) is 11.0. The molecule has 0 unspecified atom stereocenters. The van der Waals surface area contributed by atoms with E-state index in [0.29, 0.717) is 0 Å². The van der Waals surface area contributed by atoms with Crippen LogP contribution < -0.4 is 4.74 Å². The van der Waals surface area contributed by atoms with Gasteiger partial charge in [0.2, 0.25) is 0 Å². The summed E-state index contributed by atoms with van der Waals surface area (Å²) in [6.45, 7) is 0.0701. The van der Waals surface area contributed by atoms with Crippen molar-refractivity contribution in [2.75, 3.05) is 7.11 Å². The molecule has 0 aliphatic heterocycles. The van der Waals surface area contributed by atoms with Crippen LogP contribution >= 0.6 is 10.7 Å². The molecule has 0 saturated carbocycles. The summed E-state index contributed by atoms with van der Waals surface area (Å²) in [5.74, 6) is -0.821. The number of hydrogen-bond donors (Lipinski definition) is 0. The third-order valence-electron chi connectivity index (χ3n) is 2.88. The average Bonchev–Trinajstić information content (AvgIpc) is 2.52. The Labute approximate surface area is 132 Å². The van der Waals surface area contributed by atoms with Gasteiger partial charge >= 0.3 is 5.97 Å². The zero-order valence-corrected chi connectivity index (χ0v) is 13.2. The maximum Gasteiger partial charge on any atom is 0.342 e. The molecule has 22 heavy (non-hydrogen) atoms. The molecule has 2 rings (SSSR count). The molecule has 0 spiro atoms. The van der Waals surface area contributed by atoms with Crippen molar-refractivity contribution in [3.05, 3.63) is 59.7 Å². The molecule has 116 valence electrons. The maximum absolute atomic E-state index is 12.1. The number of para-hydroxylation sites is 1. The Morgan fingerprint density at radius 1 is 1.09 bits per heavy atom. The highest BCUT2D eigenvalue weighted by molar-refractivity contribution is 8.13. The van der Waals surface area contributed by atoms with Crippen LogP contribution in [-0.4, -0.2) is 21.5 Å². The third kappa shape index (κ3) is 3.78. The minimum Gasteiger partial charge on any atom is -0.494 e. The number of esters is 1. The lowest BCUT2D eigenvalue weighted by molar-refractivity contribution is 0.0468. The highest BCUT2D eigenvalue weighted by Crippen LogP contribution is 2.31. The van der Waals surface area contributed by atoms with E-state index in [1.165, 1.54) is 25.3 Å². The molecule has 5 nitrogen and oxygen atoms in total. The molecule has 0 aliphatic rings. The molecule has 0 aliphatic carbocycles. The van der Waals surface area contributed by atoms with Crippen molar-refractivity contribution in [1.29, 1.82) is 0 Å². The SMILES string of the molecule is COc1c(C(=O)OCc2ccccc2)cccc1S(=O)(=O)Cl. The van der Waals surface area contributed by atoms with E-state index in [9.17, 15) is 13.2 Å². The van der Waals surface area contributed by atoms with Gasteiger partial charge in [-0.2, -0.15) is 0 Å². The van der Waals surface area contributed by atoms with Gasteiger partial charge in [0, 0.05) is 10.7 Å². The topological polar surface area (TPSA) is 69.7 Å². The Kier molecular flexibility index (Phi) is 5.05. The van der Waals surface area contributed by atoms with Gasteiger partial charge < -0.3 is 9.47 Å². The molecule has 0 amide bonds. The maximum atomic E-state index is 12.1. The van der Waals surface area contributed by atoms with E-state index in [-0.39, 0.29) is 22.8 Å². The van der Waals surface area contributed by atoms with Gasteiger partial charge in [0.25, 0.3) is 9.05 Å². The van der Waals surface area contributed by atoms with E-state index in [1.54, 1.807) is 0 Å². The summed E-state index contributed by atoms with van der Waals surface area (Å²) in [6, 6.07) is 13.2. The van der Waals surface area contributed by atoms with Crippen LogP contribution in [0.2, 0.25) is 0 Å². The predicted octanol–water partition coefficient (Wildman–Crippen LogP) is 2.98. The number of carbonyl (C=O) groups is 1. The minimum absolute atomic E-state index is 0.000145. The molecule has 0 N–H and O–H groups in total. The molecule has 0 atom stereocenters. The van der Waals surface area contributed by atoms with Gasteiger partial charge in [-0.05, 0) is 17.7 Å². The summed E-state index contributed by atoms with van der Waals surface area (Å²) in [7, 11) is 2.56. The van der Waals surface area contributed by atoms with E-state index in [0.717, 1.165) is 5.56 Å². The summed E-state index contributed by atoms with van der Waals surface area (Å²) < 4.78 is 33.2. The van der Waals surface area contributed by atoms with Crippen molar-refractivity contribution in [3.8, 4) is 5.75 Å². The Morgan fingerprint density at radius 3 is 2.36 bits per heavy atom. The second-order valence-electron chi connectivity index (χ2n) is 4.34. The Balaban J connectivity index is 2.26. The third-order valence-corrected chi connectivity index (χ3v) is 4.22. The number of methoxy groups -OCH3 is 1. The van der Waals surface area contributed by atoms with Gasteiger partial charge in [0.15, 0.2) is 5.75 Å². The van der Waals surface area contributed by atoms with Crippen LogP contribution in [0.5, 0.6) is 5.75 Å². The van der Waals surface area contributed by atoms with Gasteiger partial charge in [-0.3, -0.25) is 0 Å². The Morgan fingerprint density at radius 2 is 1.77 bits per heavy atom. The quantitative estimate of drug-likeness (QED) is 0.618. The fourth-order valence-corrected chi connectivity index (χ4v) is 2.90. The second kappa shape index (κ2) is 6.81. The van der Waals surface area contributed by atoms with Gasteiger partial charge in [0.05, 0.1) is 7.11 Å². The zero-order chi connectivity index (χ0) is 16.2. The fraction of sp³-hybridized carbons (Fsp3) is 0.133. The van der Waals surface area contributed by atoms with Crippen LogP contribution in [0.3, 0.4) is 0 Å². The van der Waals surface area contributed by atoms with Crippen LogP contribution in [0, 0.1) is 0 Å². The highest BCUT2D eigenvalue weighted by Gasteiger charge is 2.23. The molecule has 0 radical (unpaired) electrons. The summed E-state index contributed by atoms with van der Waals surface area (Å²) in [5.41, 5.74) is 0.816. The lowest BCUT2D eigenvalue weighted by Gasteiger charge is -2.11. The van der Waals surface area contributed by atoms with Crippen molar-refractivity contribution in [2.45, 2.75) is 11.5 Å². The Bertz CT molecular complexity index is 772. The fourth-order valence-electron chi connectivity index (χ4n) is 1.88. The van der Waals surface area contributed by atoms with Crippen molar-refractivity contribution < 1.29 is 22.7 Å². The summed E-state index contributed by atoms with van der Waals surface area (Å²) >= 11 is 0. The van der Waals surface area contributed by atoms with Gasteiger partial charge in [-0.1, -0.05) is 36.4 Å². The van der Waals surface area contributed by atoms with E-state index in [1.807, 2.05) is 30.3 Å². The monoisotopic (exact) mass is 340 g/mol. The molecule has 0 saturated heterocycles. The number of benzene rings is 2. The first-order valence-electron chi connectivity index (χ1n) is 6.26. The molecule has 0 fully saturated rings. The highest BCUT2D eigenvalue weighted by atomic mass is 35.7. The second-order valence-corrected chi connectivity index (χ2v) is 6.87. The molecular formula is C15H13ClO5S. The first-order valence-corrected chi connectivity index (χ1v) is 8.57. The largest absolute Gasteiger partial charge is 0.494 e. The Hall–Kier alpha value is -2.05. The van der Waals surface area contributed by atoms with Crippen LogP contribution in [0.25, 0.3) is 0 Å². The zero-order valence-electron chi connectivity index (χ0n) is 11.7. The molecule has 2 aromatic carbocycles. The lowest BCUT2D eigenvalue weighted by Crippen LogP contribution is -2.09. The van der Waals surface area contributed by atoms with Crippen molar-refractivity contribution in [2.24, 2.45) is 0 Å². The lowest BCUT2D eigenvalue weighted by atomic mass is 10.2. The smallest absolute Gasteiger partial charge is 0.342 e. The minimum atomic E-state index is -4.03. The number of ether oxygens (including phenoxy) is 2. The van der Waals surface area contributed by atoms with Crippen LogP contribution in [0.4, 0.5) is 0 Å². The van der Waals surface area contributed by atoms with Crippen molar-refractivity contribution in [3.63, 3.8) is 0 Å². The number of rotatable bonds is 5.